The third-order valence-electron chi connectivity index (χ3n) is 3.24. The Hall–Kier alpha value is -2.25. The van der Waals surface area contributed by atoms with Crippen LogP contribution in [0.25, 0.3) is 11.7 Å². The van der Waals surface area contributed by atoms with Gasteiger partial charge in [-0.15, -0.1) is 10.2 Å². The van der Waals surface area contributed by atoms with Gasteiger partial charge in [0, 0.05) is 10.7 Å². The summed E-state index contributed by atoms with van der Waals surface area (Å²) in [5.74, 6) is 0.588. The molecule has 6 nitrogen and oxygen atoms in total. The van der Waals surface area contributed by atoms with Gasteiger partial charge in [0.2, 0.25) is 5.91 Å². The average Bonchev–Trinajstić information content (AvgIpc) is 3.21. The number of carbonyl (C=O) groups is 1. The molecule has 0 saturated carbocycles. The smallest absolute Gasteiger partial charge is 0.284 e. The first-order valence-corrected chi connectivity index (χ1v) is 8.40. The molecule has 1 atom stereocenters. The van der Waals surface area contributed by atoms with Crippen molar-refractivity contribution in [1.29, 1.82) is 0 Å². The lowest BCUT2D eigenvalue weighted by Gasteiger charge is -2.12. The van der Waals surface area contributed by atoms with Crippen molar-refractivity contribution < 1.29 is 13.6 Å². The predicted octanol–water partition coefficient (Wildman–Crippen LogP) is 4.41. The Bertz CT molecular complexity index is 848. The number of halogens is 1. The van der Waals surface area contributed by atoms with Crippen molar-refractivity contribution in [2.24, 2.45) is 0 Å². The number of anilines is 1. The molecule has 1 aromatic carbocycles. The van der Waals surface area contributed by atoms with E-state index in [0.717, 1.165) is 5.56 Å². The van der Waals surface area contributed by atoms with E-state index < -0.39 is 5.25 Å². The molecule has 8 heteroatoms. The Kier molecular flexibility index (Phi) is 4.92. The highest BCUT2D eigenvalue weighted by atomic mass is 35.5. The van der Waals surface area contributed by atoms with Gasteiger partial charge in [-0.3, -0.25) is 4.79 Å². The molecule has 0 saturated heterocycles. The third kappa shape index (κ3) is 3.80. The molecule has 0 radical (unpaired) electrons. The Morgan fingerprint density at radius 2 is 2.17 bits per heavy atom. The van der Waals surface area contributed by atoms with Gasteiger partial charge < -0.3 is 14.2 Å². The second-order valence-electron chi connectivity index (χ2n) is 5.06. The van der Waals surface area contributed by atoms with Gasteiger partial charge in [0.25, 0.3) is 11.1 Å². The van der Waals surface area contributed by atoms with E-state index in [2.05, 4.69) is 15.5 Å². The fraction of sp³-hybridized carbons (Fsp3) is 0.188. The van der Waals surface area contributed by atoms with Crippen LogP contribution in [-0.4, -0.2) is 21.4 Å². The minimum atomic E-state index is -0.423. The second-order valence-corrected chi connectivity index (χ2v) is 6.79. The third-order valence-corrected chi connectivity index (χ3v) is 4.41. The summed E-state index contributed by atoms with van der Waals surface area (Å²) in [6.07, 6.45) is 1.52. The lowest BCUT2D eigenvalue weighted by atomic mass is 10.2. The van der Waals surface area contributed by atoms with E-state index in [4.69, 9.17) is 20.4 Å². The zero-order valence-electron chi connectivity index (χ0n) is 12.9. The van der Waals surface area contributed by atoms with Gasteiger partial charge in [-0.2, -0.15) is 0 Å². The minimum absolute atomic E-state index is 0.178. The maximum absolute atomic E-state index is 12.3. The van der Waals surface area contributed by atoms with Crippen LogP contribution < -0.4 is 5.32 Å². The van der Waals surface area contributed by atoms with Gasteiger partial charge in [0.05, 0.1) is 11.5 Å². The van der Waals surface area contributed by atoms with E-state index in [0.29, 0.717) is 21.7 Å². The van der Waals surface area contributed by atoms with Crippen LogP contribution in [-0.2, 0) is 4.79 Å². The van der Waals surface area contributed by atoms with E-state index in [1.165, 1.54) is 18.0 Å². The van der Waals surface area contributed by atoms with Crippen LogP contribution >= 0.6 is 23.4 Å². The van der Waals surface area contributed by atoms with Crippen molar-refractivity contribution in [3.8, 4) is 11.7 Å². The van der Waals surface area contributed by atoms with Crippen LogP contribution in [0.1, 0.15) is 12.5 Å². The van der Waals surface area contributed by atoms with Gasteiger partial charge in [-0.05, 0) is 43.7 Å². The number of aromatic nitrogens is 2. The van der Waals surface area contributed by atoms with E-state index in [1.54, 1.807) is 31.2 Å². The molecule has 0 aliphatic heterocycles. The molecule has 0 bridgehead atoms. The number of furan rings is 1. The molecule has 1 amide bonds. The van der Waals surface area contributed by atoms with Crippen molar-refractivity contribution in [3.05, 3.63) is 47.2 Å². The van der Waals surface area contributed by atoms with Gasteiger partial charge in [-0.1, -0.05) is 29.4 Å². The molecule has 1 N–H and O–H groups in total. The fourth-order valence-electron chi connectivity index (χ4n) is 1.93. The van der Waals surface area contributed by atoms with Gasteiger partial charge in [0.15, 0.2) is 5.76 Å². The van der Waals surface area contributed by atoms with Gasteiger partial charge in [-0.25, -0.2) is 0 Å². The Morgan fingerprint density at radius 3 is 2.92 bits per heavy atom. The lowest BCUT2D eigenvalue weighted by Crippen LogP contribution is -2.22. The lowest BCUT2D eigenvalue weighted by molar-refractivity contribution is -0.115. The number of amides is 1. The number of thioether (sulfide) groups is 1. The topological polar surface area (TPSA) is 81.2 Å². The van der Waals surface area contributed by atoms with E-state index in [1.807, 2.05) is 13.0 Å². The maximum atomic E-state index is 12.3. The number of aryl methyl sites for hydroxylation is 1. The van der Waals surface area contributed by atoms with Crippen LogP contribution in [0.2, 0.25) is 5.02 Å². The van der Waals surface area contributed by atoms with Crippen molar-refractivity contribution in [2.45, 2.75) is 24.3 Å². The number of hydrogen-bond acceptors (Lipinski definition) is 6. The summed E-state index contributed by atoms with van der Waals surface area (Å²) in [6.45, 7) is 3.66. The minimum Gasteiger partial charge on any atom is -0.459 e. The van der Waals surface area contributed by atoms with Gasteiger partial charge in [0.1, 0.15) is 0 Å². The highest BCUT2D eigenvalue weighted by molar-refractivity contribution is 8.00. The summed E-state index contributed by atoms with van der Waals surface area (Å²) >= 11 is 7.13. The number of nitrogens with zero attached hydrogens (tertiary/aromatic N) is 2. The summed E-state index contributed by atoms with van der Waals surface area (Å²) in [7, 11) is 0. The summed E-state index contributed by atoms with van der Waals surface area (Å²) in [5, 5.41) is 11.1. The highest BCUT2D eigenvalue weighted by Crippen LogP contribution is 2.27. The number of rotatable bonds is 5. The standard InChI is InChI=1S/C16H14ClN3O3S/c1-9-5-6-11(17)8-12(9)18-14(21)10(2)24-16-20-19-15(23-16)13-4-3-7-22-13/h3-8,10H,1-2H3,(H,18,21)/t10-/m1/s1. The maximum Gasteiger partial charge on any atom is 0.284 e. The number of nitrogens with one attached hydrogen (secondary N) is 1. The zero-order valence-corrected chi connectivity index (χ0v) is 14.5. The first kappa shape index (κ1) is 16.6. The molecule has 24 heavy (non-hydrogen) atoms. The molecule has 0 aliphatic rings. The van der Waals surface area contributed by atoms with Crippen LogP contribution in [0.5, 0.6) is 0 Å². The molecule has 2 aromatic heterocycles. The van der Waals surface area contributed by atoms with Crippen LogP contribution in [0.15, 0.2) is 50.7 Å². The van der Waals surface area contributed by atoms with Crippen molar-refractivity contribution in [3.63, 3.8) is 0 Å². The molecule has 124 valence electrons. The predicted molar refractivity (Wildman–Crippen MR) is 92.1 cm³/mol. The molecular weight excluding hydrogens is 350 g/mol. The normalized spacial score (nSPS) is 12.1. The van der Waals surface area contributed by atoms with Crippen molar-refractivity contribution >= 4 is 35.0 Å². The van der Waals surface area contributed by atoms with Crippen molar-refractivity contribution in [1.82, 2.24) is 10.2 Å². The van der Waals surface area contributed by atoms with Crippen LogP contribution in [0.4, 0.5) is 5.69 Å². The second kappa shape index (κ2) is 7.11. The van der Waals surface area contributed by atoms with E-state index in [9.17, 15) is 4.79 Å². The zero-order chi connectivity index (χ0) is 17.1. The summed E-state index contributed by atoms with van der Waals surface area (Å²) in [6, 6.07) is 8.80. The number of benzene rings is 1. The average molecular weight is 364 g/mol. The Balaban J connectivity index is 1.65. The molecular formula is C16H14ClN3O3S. The molecule has 0 aliphatic carbocycles. The van der Waals surface area contributed by atoms with E-state index >= 15 is 0 Å². The first-order chi connectivity index (χ1) is 11.5. The van der Waals surface area contributed by atoms with Crippen molar-refractivity contribution in [2.75, 3.05) is 5.32 Å². The van der Waals surface area contributed by atoms with Crippen LogP contribution in [0, 0.1) is 6.92 Å². The van der Waals surface area contributed by atoms with E-state index in [-0.39, 0.29) is 11.8 Å². The quantitative estimate of drug-likeness (QED) is 0.676. The summed E-state index contributed by atoms with van der Waals surface area (Å²) in [5.41, 5.74) is 1.62. The van der Waals surface area contributed by atoms with Crippen LogP contribution in [0.3, 0.4) is 0 Å². The number of hydrogen-bond donors (Lipinski definition) is 1. The summed E-state index contributed by atoms with van der Waals surface area (Å²) < 4.78 is 10.7. The van der Waals surface area contributed by atoms with Gasteiger partial charge >= 0.3 is 0 Å². The molecule has 0 unspecified atom stereocenters. The molecule has 0 spiro atoms. The molecule has 3 aromatic rings. The highest BCUT2D eigenvalue weighted by Gasteiger charge is 2.20. The molecule has 0 fully saturated rings. The Morgan fingerprint density at radius 1 is 1.33 bits per heavy atom. The number of carbonyl (C=O) groups excluding carboxylic acids is 1. The SMILES string of the molecule is Cc1ccc(Cl)cc1NC(=O)[C@@H](C)Sc1nnc(-c2ccco2)o1. The molecule has 2 heterocycles. The largest absolute Gasteiger partial charge is 0.459 e. The molecule has 3 rings (SSSR count). The fourth-order valence-corrected chi connectivity index (χ4v) is 2.78. The first-order valence-electron chi connectivity index (χ1n) is 7.14. The Labute approximate surface area is 147 Å². The monoisotopic (exact) mass is 363 g/mol. The summed E-state index contributed by atoms with van der Waals surface area (Å²) in [4.78, 5) is 12.3.